The molecule has 0 nitrogen and oxygen atoms in total. The SMILES string of the molecule is C[Si](C)(C)C1(C(c2ccccc2)(c2ccccc2)C2([Si](C)(C)C)C=CC=C2)C=CC=C1. The van der Waals surface area contributed by atoms with Gasteiger partial charge in [0.1, 0.15) is 0 Å². The molecule has 0 spiro atoms. The number of hydrogen-bond acceptors (Lipinski definition) is 0. The van der Waals surface area contributed by atoms with E-state index in [9.17, 15) is 0 Å². The Labute approximate surface area is 191 Å². The van der Waals surface area contributed by atoms with E-state index in [1.807, 2.05) is 0 Å². The van der Waals surface area contributed by atoms with Gasteiger partial charge in [0.05, 0.1) is 16.1 Å². The van der Waals surface area contributed by atoms with E-state index in [2.05, 4.69) is 149 Å². The fourth-order valence-electron chi connectivity index (χ4n) is 6.41. The average Bonchev–Trinajstić information content (AvgIpc) is 3.41. The smallest absolute Gasteiger partial charge is 0.0613 e. The third-order valence-electron chi connectivity index (χ3n) is 7.80. The molecule has 31 heavy (non-hydrogen) atoms. The summed E-state index contributed by atoms with van der Waals surface area (Å²) in [5.74, 6) is 0. The van der Waals surface area contributed by atoms with Crippen LogP contribution >= 0.6 is 0 Å². The van der Waals surface area contributed by atoms with Crippen LogP contribution in [-0.2, 0) is 5.41 Å². The van der Waals surface area contributed by atoms with Crippen molar-refractivity contribution in [2.45, 2.75) is 54.8 Å². The van der Waals surface area contributed by atoms with E-state index in [-0.39, 0.29) is 15.5 Å². The lowest BCUT2D eigenvalue weighted by molar-refractivity contribution is 0.386. The normalized spacial score (nSPS) is 19.3. The largest absolute Gasteiger partial charge is 0.0761 e. The Morgan fingerprint density at radius 1 is 0.484 bits per heavy atom. The first-order valence-electron chi connectivity index (χ1n) is 11.5. The number of benzene rings is 2. The molecule has 0 aromatic heterocycles. The van der Waals surface area contributed by atoms with Crippen LogP contribution in [0.5, 0.6) is 0 Å². The van der Waals surface area contributed by atoms with Crippen molar-refractivity contribution in [2.24, 2.45) is 0 Å². The van der Waals surface area contributed by atoms with Crippen LogP contribution in [0.15, 0.2) is 109 Å². The van der Waals surface area contributed by atoms with Crippen molar-refractivity contribution in [1.82, 2.24) is 0 Å². The highest BCUT2D eigenvalue weighted by Crippen LogP contribution is 2.74. The average molecular weight is 441 g/mol. The van der Waals surface area contributed by atoms with Crippen molar-refractivity contribution in [3.63, 3.8) is 0 Å². The van der Waals surface area contributed by atoms with E-state index >= 15 is 0 Å². The molecule has 160 valence electrons. The molecule has 4 rings (SSSR count). The summed E-state index contributed by atoms with van der Waals surface area (Å²) in [6, 6.07) is 22.8. The zero-order valence-electron chi connectivity index (χ0n) is 19.9. The van der Waals surface area contributed by atoms with Crippen molar-refractivity contribution >= 4 is 16.1 Å². The Morgan fingerprint density at radius 3 is 1.03 bits per heavy atom. The van der Waals surface area contributed by atoms with E-state index in [0.717, 1.165) is 0 Å². The molecule has 2 aliphatic carbocycles. The summed E-state index contributed by atoms with van der Waals surface area (Å²) in [4.78, 5) is 0. The van der Waals surface area contributed by atoms with Gasteiger partial charge in [0.2, 0.25) is 0 Å². The van der Waals surface area contributed by atoms with Gasteiger partial charge in [-0.05, 0) is 11.1 Å². The second-order valence-corrected chi connectivity index (χ2v) is 21.8. The summed E-state index contributed by atoms with van der Waals surface area (Å²) >= 11 is 0. The highest BCUT2D eigenvalue weighted by molar-refractivity contribution is 6.83. The standard InChI is InChI=1S/C29H36Si2/c1-30(2,3)27(21-13-14-22-27)29(25-17-9-7-10-18-25,26-19-11-8-12-20-26)28(31(4,5)6)23-15-16-24-28/h7-24H,1-6H3. The third-order valence-corrected chi connectivity index (χ3v) is 14.2. The van der Waals surface area contributed by atoms with Gasteiger partial charge in [-0.1, -0.05) is 149 Å². The van der Waals surface area contributed by atoms with E-state index in [4.69, 9.17) is 0 Å². The molecule has 0 bridgehead atoms. The predicted molar refractivity (Wildman–Crippen MR) is 142 cm³/mol. The first-order chi connectivity index (χ1) is 14.6. The van der Waals surface area contributed by atoms with E-state index in [1.165, 1.54) is 11.1 Å². The van der Waals surface area contributed by atoms with Gasteiger partial charge in [-0.25, -0.2) is 0 Å². The first-order valence-corrected chi connectivity index (χ1v) is 18.5. The summed E-state index contributed by atoms with van der Waals surface area (Å²) in [6.07, 6.45) is 19.4. The molecule has 0 N–H and O–H groups in total. The molecular formula is C29H36Si2. The molecule has 0 amide bonds. The van der Waals surface area contributed by atoms with Gasteiger partial charge < -0.3 is 0 Å². The van der Waals surface area contributed by atoms with Gasteiger partial charge >= 0.3 is 0 Å². The highest BCUT2D eigenvalue weighted by atomic mass is 28.3. The van der Waals surface area contributed by atoms with Crippen molar-refractivity contribution in [2.75, 3.05) is 0 Å². The van der Waals surface area contributed by atoms with Crippen LogP contribution in [0, 0.1) is 0 Å². The Hall–Kier alpha value is -2.17. The van der Waals surface area contributed by atoms with E-state index in [0.29, 0.717) is 0 Å². The van der Waals surface area contributed by atoms with Crippen LogP contribution in [0.4, 0.5) is 0 Å². The molecule has 0 aliphatic heterocycles. The molecule has 0 fully saturated rings. The number of allylic oxidation sites excluding steroid dienone is 8. The fourth-order valence-corrected chi connectivity index (χ4v) is 12.2. The fraction of sp³-hybridized carbons (Fsp3) is 0.310. The number of hydrogen-bond donors (Lipinski definition) is 0. The molecule has 2 aromatic rings. The van der Waals surface area contributed by atoms with Crippen LogP contribution < -0.4 is 0 Å². The third kappa shape index (κ3) is 2.91. The van der Waals surface area contributed by atoms with Gasteiger partial charge in [-0.3, -0.25) is 0 Å². The Kier molecular flexibility index (Phi) is 5.30. The zero-order chi connectivity index (χ0) is 22.4. The molecule has 0 atom stereocenters. The first kappa shape index (κ1) is 22.0. The molecule has 0 radical (unpaired) electrons. The second kappa shape index (κ2) is 7.46. The summed E-state index contributed by atoms with van der Waals surface area (Å²) in [5.41, 5.74) is 2.64. The summed E-state index contributed by atoms with van der Waals surface area (Å²) in [7, 11) is -3.58. The minimum Gasteiger partial charge on any atom is -0.0761 e. The van der Waals surface area contributed by atoms with Gasteiger partial charge in [0.25, 0.3) is 0 Å². The van der Waals surface area contributed by atoms with Gasteiger partial charge in [-0.2, -0.15) is 0 Å². The van der Waals surface area contributed by atoms with Crippen molar-refractivity contribution < 1.29 is 0 Å². The maximum atomic E-state index is 2.56. The van der Waals surface area contributed by atoms with Gasteiger partial charge in [0, 0.05) is 15.5 Å². The van der Waals surface area contributed by atoms with Crippen molar-refractivity contribution in [1.29, 1.82) is 0 Å². The molecule has 0 saturated carbocycles. The minimum absolute atomic E-state index is 0.0536. The van der Waals surface area contributed by atoms with Crippen LogP contribution in [-0.4, -0.2) is 16.1 Å². The summed E-state index contributed by atoms with van der Waals surface area (Å²) < 4.78 is 0. The minimum atomic E-state index is -1.79. The topological polar surface area (TPSA) is 0 Å². The highest BCUT2D eigenvalue weighted by Gasteiger charge is 2.68. The second-order valence-electron chi connectivity index (χ2n) is 11.2. The van der Waals surface area contributed by atoms with E-state index < -0.39 is 16.1 Å². The van der Waals surface area contributed by atoms with Gasteiger partial charge in [-0.15, -0.1) is 0 Å². The van der Waals surface area contributed by atoms with Crippen LogP contribution in [0.1, 0.15) is 11.1 Å². The zero-order valence-corrected chi connectivity index (χ0v) is 21.9. The summed E-state index contributed by atoms with van der Waals surface area (Å²) in [5, 5.41) is -0.107. The molecule has 2 aliphatic rings. The molecule has 0 unspecified atom stereocenters. The van der Waals surface area contributed by atoms with Crippen molar-refractivity contribution in [3.8, 4) is 0 Å². The maximum absolute atomic E-state index is 2.56. The molecule has 2 aromatic carbocycles. The van der Waals surface area contributed by atoms with Crippen molar-refractivity contribution in [3.05, 3.63) is 120 Å². The molecule has 2 heteroatoms. The Morgan fingerprint density at radius 2 is 0.774 bits per heavy atom. The maximum Gasteiger partial charge on any atom is 0.0613 e. The Balaban J connectivity index is 2.29. The Bertz CT molecular complexity index is 930. The monoisotopic (exact) mass is 440 g/mol. The molecule has 0 heterocycles. The number of rotatable bonds is 6. The quantitative estimate of drug-likeness (QED) is 0.396. The molecule has 0 saturated heterocycles. The van der Waals surface area contributed by atoms with Crippen LogP contribution in [0.25, 0.3) is 0 Å². The van der Waals surface area contributed by atoms with Gasteiger partial charge in [0.15, 0.2) is 0 Å². The van der Waals surface area contributed by atoms with E-state index in [1.54, 1.807) is 0 Å². The summed E-state index contributed by atoms with van der Waals surface area (Å²) in [6.45, 7) is 15.3. The van der Waals surface area contributed by atoms with Crippen LogP contribution in [0.2, 0.25) is 49.4 Å². The molecular weight excluding hydrogens is 404 g/mol. The lowest BCUT2D eigenvalue weighted by Crippen LogP contribution is -2.62. The lowest BCUT2D eigenvalue weighted by Gasteiger charge is -2.64. The van der Waals surface area contributed by atoms with Crippen LogP contribution in [0.3, 0.4) is 0 Å². The predicted octanol–water partition coefficient (Wildman–Crippen LogP) is 8.38. The lowest BCUT2D eigenvalue weighted by atomic mass is 9.57.